The molecule has 17 heavy (non-hydrogen) atoms. The van der Waals surface area contributed by atoms with Crippen molar-refractivity contribution in [1.82, 2.24) is 15.3 Å². The van der Waals surface area contributed by atoms with Gasteiger partial charge in [0.25, 0.3) is 0 Å². The maximum absolute atomic E-state index is 4.33. The van der Waals surface area contributed by atoms with E-state index >= 15 is 0 Å². The molecule has 0 saturated carbocycles. The van der Waals surface area contributed by atoms with Gasteiger partial charge in [-0.1, -0.05) is 13.0 Å². The molecule has 2 unspecified atom stereocenters. The van der Waals surface area contributed by atoms with E-state index in [2.05, 4.69) is 35.2 Å². The molecule has 0 aromatic carbocycles. The number of pyridine rings is 1. The number of nitrogens with zero attached hydrogens (tertiary/aromatic N) is 2. The summed E-state index contributed by atoms with van der Waals surface area (Å²) in [6, 6.07) is 4.39. The average Bonchev–Trinajstić information content (AvgIpc) is 2.90. The Balaban J connectivity index is 1.86. The third-order valence-corrected chi connectivity index (χ3v) is 3.79. The van der Waals surface area contributed by atoms with Crippen molar-refractivity contribution in [3.8, 4) is 0 Å². The number of hydrogen-bond donors (Lipinski definition) is 1. The predicted molar refractivity (Wildman–Crippen MR) is 71.2 cm³/mol. The Morgan fingerprint density at radius 3 is 2.88 bits per heavy atom. The lowest BCUT2D eigenvalue weighted by molar-refractivity contribution is 0.535. The van der Waals surface area contributed by atoms with Crippen LogP contribution >= 0.6 is 11.3 Å². The largest absolute Gasteiger partial charge is 0.309 e. The first-order chi connectivity index (χ1) is 8.27. The van der Waals surface area contributed by atoms with Crippen LogP contribution in [0.5, 0.6) is 0 Å². The van der Waals surface area contributed by atoms with Crippen molar-refractivity contribution in [2.45, 2.75) is 25.8 Å². The highest BCUT2D eigenvalue weighted by molar-refractivity contribution is 7.09. The Morgan fingerprint density at radius 1 is 1.35 bits per heavy atom. The van der Waals surface area contributed by atoms with Gasteiger partial charge in [0.1, 0.15) is 0 Å². The van der Waals surface area contributed by atoms with Crippen molar-refractivity contribution in [2.24, 2.45) is 0 Å². The lowest BCUT2D eigenvalue weighted by atomic mass is 10.1. The summed E-state index contributed by atoms with van der Waals surface area (Å²) in [4.78, 5) is 8.47. The summed E-state index contributed by atoms with van der Waals surface area (Å²) in [5, 5.41) is 6.73. The summed E-state index contributed by atoms with van der Waals surface area (Å²) in [5.41, 5.74) is 1.22. The molecule has 2 heterocycles. The molecule has 1 N–H and O–H groups in total. The van der Waals surface area contributed by atoms with Gasteiger partial charge in [0, 0.05) is 42.5 Å². The first-order valence-corrected chi connectivity index (χ1v) is 6.68. The molecule has 2 rings (SSSR count). The van der Waals surface area contributed by atoms with E-state index in [0.717, 1.165) is 6.54 Å². The second kappa shape index (κ2) is 5.89. The van der Waals surface area contributed by atoms with Gasteiger partial charge in [-0.3, -0.25) is 4.98 Å². The third-order valence-electron chi connectivity index (χ3n) is 2.79. The average molecular weight is 247 g/mol. The third kappa shape index (κ3) is 3.35. The fourth-order valence-electron chi connectivity index (χ4n) is 1.67. The van der Waals surface area contributed by atoms with Crippen LogP contribution in [0, 0.1) is 0 Å². The van der Waals surface area contributed by atoms with E-state index in [1.807, 2.05) is 23.8 Å². The van der Waals surface area contributed by atoms with Crippen molar-refractivity contribution < 1.29 is 0 Å². The lowest BCUT2D eigenvalue weighted by Gasteiger charge is -2.16. The van der Waals surface area contributed by atoms with E-state index in [-0.39, 0.29) is 0 Å². The van der Waals surface area contributed by atoms with Crippen molar-refractivity contribution in [3.63, 3.8) is 0 Å². The lowest BCUT2D eigenvalue weighted by Crippen LogP contribution is -2.23. The molecular formula is C13H17N3S. The van der Waals surface area contributed by atoms with Crippen molar-refractivity contribution in [1.29, 1.82) is 0 Å². The van der Waals surface area contributed by atoms with E-state index < -0.39 is 0 Å². The molecule has 0 radical (unpaired) electrons. The molecule has 0 aliphatic carbocycles. The molecule has 4 heteroatoms. The topological polar surface area (TPSA) is 37.8 Å². The smallest absolute Gasteiger partial charge is 0.0965 e. The van der Waals surface area contributed by atoms with Crippen molar-refractivity contribution in [3.05, 3.63) is 46.7 Å². The predicted octanol–water partition coefficient (Wildman–Crippen LogP) is 2.99. The first-order valence-electron chi connectivity index (χ1n) is 5.80. The van der Waals surface area contributed by atoms with Crippen LogP contribution in [0.3, 0.4) is 0 Å². The van der Waals surface area contributed by atoms with Crippen molar-refractivity contribution in [2.75, 3.05) is 6.54 Å². The molecule has 0 spiro atoms. The first kappa shape index (κ1) is 12.2. The minimum absolute atomic E-state index is 0.325. The van der Waals surface area contributed by atoms with Gasteiger partial charge in [0.05, 0.1) is 5.01 Å². The number of hydrogen-bond acceptors (Lipinski definition) is 4. The second-order valence-electron chi connectivity index (χ2n) is 4.19. The zero-order valence-corrected chi connectivity index (χ0v) is 10.9. The Labute approximate surface area is 106 Å². The van der Waals surface area contributed by atoms with E-state index in [1.165, 1.54) is 10.6 Å². The Morgan fingerprint density at radius 2 is 2.24 bits per heavy atom. The number of aromatic nitrogens is 2. The van der Waals surface area contributed by atoms with E-state index in [9.17, 15) is 0 Å². The molecule has 0 saturated heterocycles. The van der Waals surface area contributed by atoms with Gasteiger partial charge in [-0.2, -0.15) is 0 Å². The second-order valence-corrected chi connectivity index (χ2v) is 5.11. The maximum atomic E-state index is 4.33. The summed E-state index contributed by atoms with van der Waals surface area (Å²) in [6.45, 7) is 5.29. The van der Waals surface area contributed by atoms with Crippen LogP contribution in [-0.4, -0.2) is 16.5 Å². The fraction of sp³-hybridized carbons (Fsp3) is 0.385. The molecule has 2 aromatic rings. The van der Waals surface area contributed by atoms with Gasteiger partial charge < -0.3 is 5.32 Å². The van der Waals surface area contributed by atoms with Gasteiger partial charge in [-0.25, -0.2) is 4.98 Å². The minimum Gasteiger partial charge on any atom is -0.309 e. The molecule has 90 valence electrons. The normalized spacial score (nSPS) is 14.5. The van der Waals surface area contributed by atoms with Crippen LogP contribution in [0.2, 0.25) is 0 Å². The standard InChI is InChI=1S/C13H17N3S/c1-10(13-15-6-7-17-13)8-16-11(2)12-4-3-5-14-9-12/h3-7,9-11,16H,8H2,1-2H3. The summed E-state index contributed by atoms with van der Waals surface area (Å²) in [6.07, 6.45) is 5.57. The van der Waals surface area contributed by atoms with Crippen molar-refractivity contribution >= 4 is 11.3 Å². The number of thiazole rings is 1. The van der Waals surface area contributed by atoms with E-state index in [0.29, 0.717) is 12.0 Å². The van der Waals surface area contributed by atoms with E-state index in [4.69, 9.17) is 0 Å². The summed E-state index contributed by atoms with van der Waals surface area (Å²) in [7, 11) is 0. The van der Waals surface area contributed by atoms with Crippen LogP contribution < -0.4 is 5.32 Å². The number of rotatable bonds is 5. The fourth-order valence-corrected chi connectivity index (χ4v) is 2.37. The highest BCUT2D eigenvalue weighted by atomic mass is 32.1. The Kier molecular flexibility index (Phi) is 4.23. The van der Waals surface area contributed by atoms with Crippen LogP contribution in [0.4, 0.5) is 0 Å². The molecule has 0 amide bonds. The highest BCUT2D eigenvalue weighted by Gasteiger charge is 2.10. The van der Waals surface area contributed by atoms with Gasteiger partial charge in [0.2, 0.25) is 0 Å². The molecule has 0 aliphatic heterocycles. The van der Waals surface area contributed by atoms with Gasteiger partial charge in [-0.05, 0) is 18.6 Å². The molecule has 0 bridgehead atoms. The highest BCUT2D eigenvalue weighted by Crippen LogP contribution is 2.18. The molecule has 3 nitrogen and oxygen atoms in total. The maximum Gasteiger partial charge on any atom is 0.0965 e. The quantitative estimate of drug-likeness (QED) is 0.882. The molecule has 2 aromatic heterocycles. The van der Waals surface area contributed by atoms with Gasteiger partial charge in [-0.15, -0.1) is 11.3 Å². The SMILES string of the molecule is CC(CNC(C)c1cccnc1)c1nccs1. The molecular weight excluding hydrogens is 230 g/mol. The molecule has 2 atom stereocenters. The van der Waals surface area contributed by atoms with Crippen LogP contribution in [0.15, 0.2) is 36.1 Å². The Hall–Kier alpha value is -1.26. The zero-order valence-electron chi connectivity index (χ0n) is 10.1. The molecule has 0 fully saturated rings. The van der Waals surface area contributed by atoms with Gasteiger partial charge in [0.15, 0.2) is 0 Å². The monoisotopic (exact) mass is 247 g/mol. The number of nitrogens with one attached hydrogen (secondary N) is 1. The Bertz CT molecular complexity index is 427. The molecule has 0 aliphatic rings. The van der Waals surface area contributed by atoms with Gasteiger partial charge >= 0.3 is 0 Å². The summed E-state index contributed by atoms with van der Waals surface area (Å²) < 4.78 is 0. The minimum atomic E-state index is 0.325. The van der Waals surface area contributed by atoms with Crippen LogP contribution in [0.25, 0.3) is 0 Å². The van der Waals surface area contributed by atoms with Crippen LogP contribution in [0.1, 0.15) is 36.4 Å². The zero-order chi connectivity index (χ0) is 12.1. The summed E-state index contributed by atoms with van der Waals surface area (Å²) in [5.74, 6) is 0.453. The van der Waals surface area contributed by atoms with E-state index in [1.54, 1.807) is 17.5 Å². The summed E-state index contributed by atoms with van der Waals surface area (Å²) >= 11 is 1.72. The van der Waals surface area contributed by atoms with Crippen LogP contribution in [-0.2, 0) is 0 Å².